The highest BCUT2D eigenvalue weighted by Gasteiger charge is 2.40. The molecule has 1 atom stereocenters. The molecule has 7 nitrogen and oxygen atoms in total. The second kappa shape index (κ2) is 11.1. The van der Waals surface area contributed by atoms with Crippen LogP contribution in [-0.2, 0) is 11.7 Å². The third-order valence-corrected chi connectivity index (χ3v) is 6.52. The maximum absolute atomic E-state index is 14.3. The molecule has 0 amide bonds. The average molecular weight is 563 g/mol. The van der Waals surface area contributed by atoms with Gasteiger partial charge in [-0.05, 0) is 37.3 Å². The molecule has 0 saturated heterocycles. The number of aromatic amines is 1. The minimum Gasteiger partial charge on any atom is -0.497 e. The minimum atomic E-state index is -4.59. The van der Waals surface area contributed by atoms with Gasteiger partial charge in [0.15, 0.2) is 5.78 Å². The predicted octanol–water partition coefficient (Wildman–Crippen LogP) is 6.44. The fourth-order valence-corrected chi connectivity index (χ4v) is 4.54. The fraction of sp³-hybridized carbons (Fsp3) is 0.250. The molecule has 0 aliphatic carbocycles. The van der Waals surface area contributed by atoms with Crippen LogP contribution in [0.2, 0.25) is 5.02 Å². The van der Waals surface area contributed by atoms with E-state index < -0.39 is 23.1 Å². The van der Waals surface area contributed by atoms with Crippen molar-refractivity contribution in [2.45, 2.75) is 18.6 Å². The number of methoxy groups -OCH3 is 2. The Kier molecular flexibility index (Phi) is 7.99. The SMILES string of the molecule is COc1cc(N[C@@](C)(C(=O)c2c[nH]c3ccc(C(F)(F)F)cc23)c2ccc(Cl)cc2OC)cc(OCCO)c1. The van der Waals surface area contributed by atoms with E-state index in [2.05, 4.69) is 10.3 Å². The molecule has 4 aromatic rings. The lowest BCUT2D eigenvalue weighted by molar-refractivity contribution is -0.137. The van der Waals surface area contributed by atoms with Gasteiger partial charge in [-0.3, -0.25) is 4.79 Å². The number of hydrogen-bond donors (Lipinski definition) is 3. The highest BCUT2D eigenvalue weighted by molar-refractivity contribution is 6.30. The number of benzene rings is 3. The smallest absolute Gasteiger partial charge is 0.416 e. The maximum atomic E-state index is 14.3. The molecule has 1 aromatic heterocycles. The zero-order chi connectivity index (χ0) is 28.4. The van der Waals surface area contributed by atoms with E-state index in [4.69, 9.17) is 30.9 Å². The van der Waals surface area contributed by atoms with Crippen molar-refractivity contribution in [2.75, 3.05) is 32.8 Å². The zero-order valence-corrected chi connectivity index (χ0v) is 22.0. The van der Waals surface area contributed by atoms with Gasteiger partial charge in [0, 0.05) is 57.1 Å². The van der Waals surface area contributed by atoms with E-state index >= 15 is 0 Å². The molecule has 39 heavy (non-hydrogen) atoms. The summed E-state index contributed by atoms with van der Waals surface area (Å²) in [4.78, 5) is 17.2. The first kappa shape index (κ1) is 28.1. The lowest BCUT2D eigenvalue weighted by Crippen LogP contribution is -2.41. The first-order valence-electron chi connectivity index (χ1n) is 11.8. The summed E-state index contributed by atoms with van der Waals surface area (Å²) >= 11 is 6.18. The lowest BCUT2D eigenvalue weighted by Gasteiger charge is -2.32. The number of ether oxygens (including phenoxy) is 3. The van der Waals surface area contributed by atoms with E-state index in [1.54, 1.807) is 43.3 Å². The number of anilines is 1. The molecule has 0 unspecified atom stereocenters. The van der Waals surface area contributed by atoms with Crippen molar-refractivity contribution in [3.05, 3.63) is 82.5 Å². The molecule has 0 radical (unpaired) electrons. The Hall–Kier alpha value is -3.89. The van der Waals surface area contributed by atoms with Crippen LogP contribution in [0.15, 0.2) is 60.8 Å². The number of ketones is 1. The van der Waals surface area contributed by atoms with Crippen LogP contribution in [-0.4, -0.2) is 43.3 Å². The van der Waals surface area contributed by atoms with Crippen LogP contribution >= 0.6 is 11.6 Å². The number of fused-ring (bicyclic) bond motifs is 1. The van der Waals surface area contributed by atoms with Crippen LogP contribution in [0, 0.1) is 0 Å². The van der Waals surface area contributed by atoms with Gasteiger partial charge < -0.3 is 29.6 Å². The number of aliphatic hydroxyl groups excluding tert-OH is 1. The van der Waals surface area contributed by atoms with Gasteiger partial charge in [0.05, 0.1) is 26.4 Å². The monoisotopic (exact) mass is 562 g/mol. The second-order valence-corrected chi connectivity index (χ2v) is 9.29. The predicted molar refractivity (Wildman–Crippen MR) is 142 cm³/mol. The van der Waals surface area contributed by atoms with Crippen LogP contribution in [0.5, 0.6) is 17.2 Å². The molecule has 0 spiro atoms. The Morgan fingerprint density at radius 2 is 1.77 bits per heavy atom. The van der Waals surface area contributed by atoms with E-state index in [1.807, 2.05) is 0 Å². The van der Waals surface area contributed by atoms with Crippen LogP contribution < -0.4 is 19.5 Å². The quantitative estimate of drug-likeness (QED) is 0.193. The summed E-state index contributed by atoms with van der Waals surface area (Å²) < 4.78 is 57.0. The normalized spacial score (nSPS) is 13.1. The lowest BCUT2D eigenvalue weighted by atomic mass is 9.83. The van der Waals surface area contributed by atoms with Crippen molar-refractivity contribution in [1.29, 1.82) is 0 Å². The van der Waals surface area contributed by atoms with Crippen LogP contribution in [0.1, 0.15) is 28.4 Å². The topological polar surface area (TPSA) is 92.8 Å². The van der Waals surface area contributed by atoms with E-state index in [0.717, 1.165) is 12.1 Å². The van der Waals surface area contributed by atoms with Crippen molar-refractivity contribution in [3.63, 3.8) is 0 Å². The molecule has 1 heterocycles. The number of halogens is 4. The highest BCUT2D eigenvalue weighted by atomic mass is 35.5. The van der Waals surface area contributed by atoms with Crippen molar-refractivity contribution < 1.29 is 37.3 Å². The van der Waals surface area contributed by atoms with E-state index in [0.29, 0.717) is 39.0 Å². The van der Waals surface area contributed by atoms with Crippen LogP contribution in [0.4, 0.5) is 18.9 Å². The summed E-state index contributed by atoms with van der Waals surface area (Å²) in [6, 6.07) is 12.8. The van der Waals surface area contributed by atoms with Gasteiger partial charge in [-0.25, -0.2) is 0 Å². The molecule has 0 aliphatic heterocycles. The van der Waals surface area contributed by atoms with Crippen LogP contribution in [0.3, 0.4) is 0 Å². The maximum Gasteiger partial charge on any atom is 0.416 e. The second-order valence-electron chi connectivity index (χ2n) is 8.85. The third-order valence-electron chi connectivity index (χ3n) is 6.28. The third kappa shape index (κ3) is 5.76. The fourth-order valence-electron chi connectivity index (χ4n) is 4.38. The Labute approximate surface area is 227 Å². The van der Waals surface area contributed by atoms with Crippen LogP contribution in [0.25, 0.3) is 10.9 Å². The van der Waals surface area contributed by atoms with Gasteiger partial charge in [-0.1, -0.05) is 17.7 Å². The molecule has 0 saturated carbocycles. The molecule has 0 aliphatic rings. The standard InChI is InChI=1S/C28H26ClF3N2O5/c1-27(23-6-5-17(29)11-25(23)38-3,34-18-12-19(37-2)14-20(13-18)39-9-8-35)26(36)22-15-33-24-7-4-16(10-21(22)24)28(30,31)32/h4-7,10-15,33-35H,8-9H2,1-3H3/t27-/m1/s1. The Morgan fingerprint density at radius 1 is 1.03 bits per heavy atom. The zero-order valence-electron chi connectivity index (χ0n) is 21.3. The van der Waals surface area contributed by atoms with Crippen molar-refractivity contribution in [3.8, 4) is 17.2 Å². The summed E-state index contributed by atoms with van der Waals surface area (Å²) in [5, 5.41) is 12.9. The molecular formula is C28H26ClF3N2O5. The number of aromatic nitrogens is 1. The van der Waals surface area contributed by atoms with Gasteiger partial charge in [0.1, 0.15) is 29.4 Å². The largest absolute Gasteiger partial charge is 0.497 e. The number of aliphatic hydroxyl groups is 1. The molecule has 3 N–H and O–H groups in total. The first-order chi connectivity index (χ1) is 18.5. The van der Waals surface area contributed by atoms with Crippen molar-refractivity contribution in [1.82, 2.24) is 4.98 Å². The molecule has 11 heteroatoms. The highest BCUT2D eigenvalue weighted by Crippen LogP contribution is 2.40. The van der Waals surface area contributed by atoms with Gasteiger partial charge in [-0.15, -0.1) is 0 Å². The number of carbonyl (C=O) groups is 1. The number of alkyl halides is 3. The molecule has 206 valence electrons. The summed E-state index contributed by atoms with van der Waals surface area (Å²) in [6.45, 7) is 1.42. The summed E-state index contributed by atoms with van der Waals surface area (Å²) in [5.74, 6) is 0.536. The van der Waals surface area contributed by atoms with E-state index in [9.17, 15) is 18.0 Å². The average Bonchev–Trinajstić information content (AvgIpc) is 3.33. The van der Waals surface area contributed by atoms with E-state index in [1.165, 1.54) is 26.5 Å². The van der Waals surface area contributed by atoms with E-state index in [-0.39, 0.29) is 24.2 Å². The molecule has 3 aromatic carbocycles. The molecular weight excluding hydrogens is 537 g/mol. The number of Topliss-reactive ketones (excluding diaryl/α,β-unsaturated/α-hetero) is 1. The Balaban J connectivity index is 1.90. The number of carbonyl (C=O) groups excluding carboxylic acids is 1. The Morgan fingerprint density at radius 3 is 2.44 bits per heavy atom. The molecule has 0 fully saturated rings. The summed E-state index contributed by atoms with van der Waals surface area (Å²) in [7, 11) is 2.89. The molecule has 0 bridgehead atoms. The van der Waals surface area contributed by atoms with Crippen molar-refractivity contribution >= 4 is 34.0 Å². The van der Waals surface area contributed by atoms with Gasteiger partial charge in [0.25, 0.3) is 0 Å². The number of H-pyrrole nitrogens is 1. The van der Waals surface area contributed by atoms with Gasteiger partial charge in [-0.2, -0.15) is 13.2 Å². The summed E-state index contributed by atoms with van der Waals surface area (Å²) in [6.07, 6.45) is -3.20. The Bertz CT molecular complexity index is 1500. The first-order valence-corrected chi connectivity index (χ1v) is 12.2. The number of hydrogen-bond acceptors (Lipinski definition) is 6. The number of nitrogens with one attached hydrogen (secondary N) is 2. The molecule has 4 rings (SSSR count). The number of rotatable bonds is 10. The minimum absolute atomic E-state index is 0.0324. The van der Waals surface area contributed by atoms with Crippen molar-refractivity contribution in [2.24, 2.45) is 0 Å². The van der Waals surface area contributed by atoms with Gasteiger partial charge >= 0.3 is 6.18 Å². The van der Waals surface area contributed by atoms with Gasteiger partial charge in [0.2, 0.25) is 0 Å². The summed E-state index contributed by atoms with van der Waals surface area (Å²) in [5.41, 5.74) is -1.23.